The molecule has 0 amide bonds. The first-order chi connectivity index (χ1) is 29.2. The number of allylic oxidation sites excluding steroid dienone is 1. The topological polar surface area (TPSA) is 153 Å². The van der Waals surface area contributed by atoms with Crippen molar-refractivity contribution in [3.63, 3.8) is 0 Å². The van der Waals surface area contributed by atoms with Crippen LogP contribution in [0.15, 0.2) is 67.3 Å². The van der Waals surface area contributed by atoms with Crippen LogP contribution in [-0.2, 0) is 33.4 Å². The first kappa shape index (κ1) is 47.8. The van der Waals surface area contributed by atoms with Gasteiger partial charge in [-0.3, -0.25) is 14.4 Å². The Labute approximate surface area is 355 Å². The Morgan fingerprint density at radius 3 is 1.83 bits per heavy atom. The molecule has 0 radical (unpaired) electrons. The molecule has 60 heavy (non-hydrogen) atoms. The van der Waals surface area contributed by atoms with E-state index >= 15 is 0 Å². The molecule has 2 aliphatic rings. The summed E-state index contributed by atoms with van der Waals surface area (Å²) in [5.41, 5.74) is 0. The number of hydrogen-bond donors (Lipinski definition) is 1. The van der Waals surface area contributed by atoms with Crippen LogP contribution in [0.4, 0.5) is 0 Å². The minimum absolute atomic E-state index is 0.0946. The lowest BCUT2D eigenvalue weighted by atomic mass is 9.81. The Kier molecular flexibility index (Phi) is 22.2. The van der Waals surface area contributed by atoms with Crippen LogP contribution >= 0.6 is 0 Å². The first-order valence-electron chi connectivity index (χ1n) is 22.0. The molecule has 0 atom stereocenters. The number of phenolic OH excluding ortho intramolecular Hbond substituents is 1. The highest BCUT2D eigenvalue weighted by Crippen LogP contribution is 2.36. The third-order valence-corrected chi connectivity index (χ3v) is 11.1. The van der Waals surface area contributed by atoms with Gasteiger partial charge in [0.15, 0.2) is 11.5 Å². The average molecular weight is 835 g/mol. The number of carbonyl (C=O) groups is 4. The van der Waals surface area contributed by atoms with Gasteiger partial charge < -0.3 is 38.3 Å². The summed E-state index contributed by atoms with van der Waals surface area (Å²) >= 11 is 0. The predicted molar refractivity (Wildman–Crippen MR) is 227 cm³/mol. The SMILES string of the molecule is C=CC(=O)OCCCCCCOC/C=C\CC1CCC(COc2ccc(OC(=O)C3CCC(C(=O)Oc4ccc(OCCCCCCOC(C)=O)cc4)CC3)c(O)c2)CC1. The van der Waals surface area contributed by atoms with Gasteiger partial charge in [0.25, 0.3) is 0 Å². The number of unbranched alkanes of at least 4 members (excludes halogenated alkanes) is 6. The fourth-order valence-electron chi connectivity index (χ4n) is 7.44. The third-order valence-electron chi connectivity index (χ3n) is 11.1. The molecule has 2 aromatic carbocycles. The van der Waals surface area contributed by atoms with Crippen LogP contribution in [0.5, 0.6) is 28.7 Å². The van der Waals surface area contributed by atoms with Gasteiger partial charge >= 0.3 is 23.9 Å². The van der Waals surface area contributed by atoms with Crippen LogP contribution in [0, 0.1) is 23.7 Å². The summed E-state index contributed by atoms with van der Waals surface area (Å²) in [6.45, 7) is 8.20. The van der Waals surface area contributed by atoms with E-state index in [1.807, 2.05) is 0 Å². The Hall–Kier alpha value is -4.84. The molecular weight excluding hydrogens is 769 g/mol. The van der Waals surface area contributed by atoms with Crippen molar-refractivity contribution in [1.82, 2.24) is 0 Å². The molecule has 2 aromatic rings. The van der Waals surface area contributed by atoms with Crippen LogP contribution in [-0.4, -0.2) is 68.6 Å². The number of aromatic hydroxyl groups is 1. The van der Waals surface area contributed by atoms with Gasteiger partial charge in [-0.05, 0) is 151 Å². The fourth-order valence-corrected chi connectivity index (χ4v) is 7.44. The molecule has 0 heterocycles. The summed E-state index contributed by atoms with van der Waals surface area (Å²) in [5, 5.41) is 10.6. The number of ether oxygens (including phenoxy) is 7. The smallest absolute Gasteiger partial charge is 0.330 e. The van der Waals surface area contributed by atoms with Gasteiger partial charge in [0, 0.05) is 25.7 Å². The molecule has 330 valence electrons. The number of esters is 4. The number of phenols is 1. The second kappa shape index (κ2) is 27.8. The summed E-state index contributed by atoms with van der Waals surface area (Å²) < 4.78 is 38.7. The average Bonchev–Trinajstić information content (AvgIpc) is 3.25. The maximum absolute atomic E-state index is 13.0. The largest absolute Gasteiger partial charge is 0.504 e. The van der Waals surface area contributed by atoms with Gasteiger partial charge in [0.1, 0.15) is 17.2 Å². The third kappa shape index (κ3) is 19.0. The maximum Gasteiger partial charge on any atom is 0.330 e. The molecular formula is C48H66O12. The van der Waals surface area contributed by atoms with Crippen molar-refractivity contribution in [1.29, 1.82) is 0 Å². The lowest BCUT2D eigenvalue weighted by Gasteiger charge is -2.28. The molecule has 0 aromatic heterocycles. The normalized spacial score (nSPS) is 18.9. The minimum Gasteiger partial charge on any atom is -0.504 e. The lowest BCUT2D eigenvalue weighted by Crippen LogP contribution is -2.30. The highest BCUT2D eigenvalue weighted by Gasteiger charge is 2.32. The highest BCUT2D eigenvalue weighted by atomic mass is 16.6. The number of carbonyl (C=O) groups excluding carboxylic acids is 4. The van der Waals surface area contributed by atoms with E-state index in [2.05, 4.69) is 18.7 Å². The molecule has 12 nitrogen and oxygen atoms in total. The van der Waals surface area contributed by atoms with Gasteiger partial charge in [-0.2, -0.15) is 0 Å². The first-order valence-corrected chi connectivity index (χ1v) is 22.0. The van der Waals surface area contributed by atoms with Gasteiger partial charge in [0.2, 0.25) is 0 Å². The Morgan fingerprint density at radius 2 is 1.20 bits per heavy atom. The zero-order chi connectivity index (χ0) is 42.8. The molecule has 2 saturated carbocycles. The molecule has 0 saturated heterocycles. The number of benzene rings is 2. The molecule has 12 heteroatoms. The van der Waals surface area contributed by atoms with Gasteiger partial charge in [-0.15, -0.1) is 0 Å². The number of rotatable bonds is 27. The van der Waals surface area contributed by atoms with E-state index < -0.39 is 5.97 Å². The zero-order valence-electron chi connectivity index (χ0n) is 35.5. The van der Waals surface area contributed by atoms with Gasteiger partial charge in [0.05, 0.1) is 44.9 Å². The quantitative estimate of drug-likeness (QED) is 0.0300. The van der Waals surface area contributed by atoms with E-state index in [-0.39, 0.29) is 41.2 Å². The predicted octanol–water partition coefficient (Wildman–Crippen LogP) is 9.65. The van der Waals surface area contributed by atoms with E-state index in [0.29, 0.717) is 87.8 Å². The molecule has 1 N–H and O–H groups in total. The Balaban J connectivity index is 1.03. The van der Waals surface area contributed by atoms with Crippen molar-refractivity contribution in [3.05, 3.63) is 67.3 Å². The van der Waals surface area contributed by atoms with E-state index in [1.54, 1.807) is 36.4 Å². The van der Waals surface area contributed by atoms with Crippen LogP contribution in [0.2, 0.25) is 0 Å². The maximum atomic E-state index is 13.0. The van der Waals surface area contributed by atoms with Crippen LogP contribution in [0.1, 0.15) is 116 Å². The molecule has 4 rings (SSSR count). The second-order valence-electron chi connectivity index (χ2n) is 15.9. The molecule has 2 fully saturated rings. The van der Waals surface area contributed by atoms with E-state index in [9.17, 15) is 24.3 Å². The molecule has 0 aliphatic heterocycles. The second-order valence-corrected chi connectivity index (χ2v) is 15.9. The standard InChI is InChI=1S/C48H66O12/c1-3-46(51)57-33-12-5-4-9-29-54-30-13-8-14-37-15-17-38(18-16-37)35-58-43-27-28-45(44(50)34-43)60-48(53)40-21-19-39(20-22-40)47(52)59-42-25-23-41(24-26-42)56-32-11-7-6-10-31-55-36(2)49/h3,8,13,23-28,34,37-40,50H,1,4-7,9-12,14-22,29-33,35H2,2H3/b13-8-. The summed E-state index contributed by atoms with van der Waals surface area (Å²) in [6, 6.07) is 11.8. The minimum atomic E-state index is -0.420. The fraction of sp³-hybridized carbons (Fsp3) is 0.583. The summed E-state index contributed by atoms with van der Waals surface area (Å²) in [5.74, 6) is 0.704. The van der Waals surface area contributed by atoms with Crippen molar-refractivity contribution >= 4 is 23.9 Å². The monoisotopic (exact) mass is 834 g/mol. The van der Waals surface area contributed by atoms with Crippen molar-refractivity contribution in [3.8, 4) is 28.7 Å². The van der Waals surface area contributed by atoms with Crippen LogP contribution in [0.25, 0.3) is 0 Å². The van der Waals surface area contributed by atoms with E-state index in [0.717, 1.165) is 90.1 Å². The van der Waals surface area contributed by atoms with Crippen molar-refractivity contribution < 1.29 is 57.4 Å². The summed E-state index contributed by atoms with van der Waals surface area (Å²) in [6.07, 6.45) is 20.7. The Bertz CT molecular complexity index is 1620. The number of hydrogen-bond acceptors (Lipinski definition) is 12. The molecule has 2 aliphatic carbocycles. The van der Waals surface area contributed by atoms with Crippen LogP contribution < -0.4 is 18.9 Å². The van der Waals surface area contributed by atoms with Crippen LogP contribution in [0.3, 0.4) is 0 Å². The highest BCUT2D eigenvalue weighted by molar-refractivity contribution is 5.81. The zero-order valence-corrected chi connectivity index (χ0v) is 35.5. The van der Waals surface area contributed by atoms with E-state index in [4.69, 9.17) is 33.2 Å². The molecule has 0 unspecified atom stereocenters. The van der Waals surface area contributed by atoms with Crippen molar-refractivity contribution in [2.24, 2.45) is 23.7 Å². The molecule has 0 bridgehead atoms. The van der Waals surface area contributed by atoms with Crippen molar-refractivity contribution in [2.45, 2.75) is 116 Å². The lowest BCUT2D eigenvalue weighted by molar-refractivity contribution is -0.145. The van der Waals surface area contributed by atoms with E-state index in [1.165, 1.54) is 19.1 Å². The Morgan fingerprint density at radius 1 is 0.633 bits per heavy atom. The van der Waals surface area contributed by atoms with Gasteiger partial charge in [-0.25, -0.2) is 4.79 Å². The summed E-state index contributed by atoms with van der Waals surface area (Å²) in [4.78, 5) is 47.7. The molecule has 0 spiro atoms. The van der Waals surface area contributed by atoms with Gasteiger partial charge in [-0.1, -0.05) is 25.2 Å². The summed E-state index contributed by atoms with van der Waals surface area (Å²) in [7, 11) is 0. The van der Waals surface area contributed by atoms with Crippen molar-refractivity contribution in [2.75, 3.05) is 39.6 Å².